The molecule has 1 saturated heterocycles. The van der Waals surface area contributed by atoms with Crippen molar-refractivity contribution in [3.05, 3.63) is 71.8 Å². The van der Waals surface area contributed by atoms with E-state index in [1.54, 1.807) is 35.5 Å². The van der Waals surface area contributed by atoms with Crippen LogP contribution in [0.2, 0.25) is 0 Å². The number of aromatic nitrogens is 3. The van der Waals surface area contributed by atoms with Gasteiger partial charge < -0.3 is 9.64 Å². The number of carbonyl (C=O) groups excluding carboxylic acids is 1. The summed E-state index contributed by atoms with van der Waals surface area (Å²) in [5, 5.41) is 0. The molecule has 0 atom stereocenters. The molecule has 9 nitrogen and oxygen atoms in total. The first kappa shape index (κ1) is 23.6. The molecule has 0 bridgehead atoms. The summed E-state index contributed by atoms with van der Waals surface area (Å²) in [6, 6.07) is 10.0. The van der Waals surface area contributed by atoms with E-state index in [0.29, 0.717) is 19.0 Å². The molecular formula is C24H27N5O4S. The molecule has 0 unspecified atom stereocenters. The molecule has 0 saturated carbocycles. The van der Waals surface area contributed by atoms with Crippen molar-refractivity contribution in [3.8, 4) is 5.88 Å². The summed E-state index contributed by atoms with van der Waals surface area (Å²) in [6.45, 7) is 5.42. The third-order valence-corrected chi connectivity index (χ3v) is 7.05. The van der Waals surface area contributed by atoms with Crippen LogP contribution in [-0.2, 0) is 16.6 Å². The summed E-state index contributed by atoms with van der Waals surface area (Å²) >= 11 is 0. The van der Waals surface area contributed by atoms with Crippen LogP contribution in [0.3, 0.4) is 0 Å². The number of piperidine rings is 1. The number of pyridine rings is 1. The summed E-state index contributed by atoms with van der Waals surface area (Å²) in [5.74, 6) is 0.162. The Labute approximate surface area is 199 Å². The van der Waals surface area contributed by atoms with Crippen molar-refractivity contribution >= 4 is 21.7 Å². The summed E-state index contributed by atoms with van der Waals surface area (Å²) in [5.41, 5.74) is 1.81. The predicted molar refractivity (Wildman–Crippen MR) is 127 cm³/mol. The maximum absolute atomic E-state index is 13.0. The lowest BCUT2D eigenvalue weighted by Gasteiger charge is -2.30. The Morgan fingerprint density at radius 1 is 1.15 bits per heavy atom. The SMILES string of the molecule is Cc1ccc(S(=O)(=O)Nc2ncc(C(=O)N3CCC(C)CC3)nc2OCc2cccnc2)cc1. The molecule has 10 heteroatoms. The highest BCUT2D eigenvalue weighted by molar-refractivity contribution is 7.92. The third-order valence-electron chi connectivity index (χ3n) is 5.69. The number of sulfonamides is 1. The van der Waals surface area contributed by atoms with Crippen molar-refractivity contribution in [2.45, 2.75) is 38.2 Å². The Hall–Kier alpha value is -3.53. The number of carbonyl (C=O) groups is 1. The first-order valence-corrected chi connectivity index (χ1v) is 12.6. The second kappa shape index (κ2) is 10.2. The van der Waals surface area contributed by atoms with Gasteiger partial charge in [-0.2, -0.15) is 0 Å². The van der Waals surface area contributed by atoms with Crippen molar-refractivity contribution < 1.29 is 17.9 Å². The normalized spacial score (nSPS) is 14.6. The summed E-state index contributed by atoms with van der Waals surface area (Å²) < 4.78 is 34.1. The van der Waals surface area contributed by atoms with Crippen LogP contribution in [0.25, 0.3) is 0 Å². The van der Waals surface area contributed by atoms with Crippen LogP contribution in [0.5, 0.6) is 5.88 Å². The van der Waals surface area contributed by atoms with Gasteiger partial charge in [-0.1, -0.05) is 30.7 Å². The van der Waals surface area contributed by atoms with Crippen molar-refractivity contribution in [2.24, 2.45) is 5.92 Å². The van der Waals surface area contributed by atoms with Crippen LogP contribution in [0.15, 0.2) is 59.9 Å². The van der Waals surface area contributed by atoms with E-state index in [0.717, 1.165) is 24.0 Å². The third kappa shape index (κ3) is 5.69. The minimum absolute atomic E-state index is 0.0734. The van der Waals surface area contributed by atoms with Crippen LogP contribution >= 0.6 is 0 Å². The highest BCUT2D eigenvalue weighted by atomic mass is 32.2. The molecule has 4 rings (SSSR count). The molecule has 3 heterocycles. The number of nitrogens with one attached hydrogen (secondary N) is 1. The van der Waals surface area contributed by atoms with E-state index in [2.05, 4.69) is 26.6 Å². The maximum atomic E-state index is 13.0. The summed E-state index contributed by atoms with van der Waals surface area (Å²) in [7, 11) is -3.94. The lowest BCUT2D eigenvalue weighted by Crippen LogP contribution is -2.38. The van der Waals surface area contributed by atoms with E-state index < -0.39 is 10.0 Å². The Morgan fingerprint density at radius 3 is 2.56 bits per heavy atom. The minimum atomic E-state index is -3.94. The lowest BCUT2D eigenvalue weighted by atomic mass is 9.99. The van der Waals surface area contributed by atoms with Crippen molar-refractivity contribution in [2.75, 3.05) is 17.8 Å². The second-order valence-electron chi connectivity index (χ2n) is 8.45. The molecule has 1 aliphatic rings. The van der Waals surface area contributed by atoms with Crippen LogP contribution in [0.4, 0.5) is 5.82 Å². The first-order chi connectivity index (χ1) is 16.3. The van der Waals surface area contributed by atoms with Crippen molar-refractivity contribution in [1.29, 1.82) is 0 Å². The number of hydrogen-bond donors (Lipinski definition) is 1. The minimum Gasteiger partial charge on any atom is -0.470 e. The molecule has 1 aromatic carbocycles. The first-order valence-electron chi connectivity index (χ1n) is 11.1. The Bertz CT molecular complexity index is 1240. The number of likely N-dealkylation sites (tertiary alicyclic amines) is 1. The zero-order chi connectivity index (χ0) is 24.1. The Morgan fingerprint density at radius 2 is 1.88 bits per heavy atom. The molecule has 1 aliphatic heterocycles. The molecule has 1 amide bonds. The molecule has 0 spiro atoms. The van der Waals surface area contributed by atoms with Gasteiger partial charge >= 0.3 is 0 Å². The fourth-order valence-electron chi connectivity index (χ4n) is 3.56. The van der Waals surface area contributed by atoms with E-state index in [-0.39, 0.29) is 34.8 Å². The topological polar surface area (TPSA) is 114 Å². The predicted octanol–water partition coefficient (Wildman–Crippen LogP) is 3.43. The number of benzene rings is 1. The molecule has 34 heavy (non-hydrogen) atoms. The number of hydrogen-bond acceptors (Lipinski definition) is 7. The number of rotatable bonds is 7. The lowest BCUT2D eigenvalue weighted by molar-refractivity contribution is 0.0689. The Kier molecular flexibility index (Phi) is 7.06. The van der Waals surface area contributed by atoms with Gasteiger partial charge in [-0.05, 0) is 43.9 Å². The van der Waals surface area contributed by atoms with Gasteiger partial charge in [0.1, 0.15) is 6.61 Å². The highest BCUT2D eigenvalue weighted by Crippen LogP contribution is 2.25. The van der Waals surface area contributed by atoms with E-state index >= 15 is 0 Å². The van der Waals surface area contributed by atoms with Gasteiger partial charge in [0.05, 0.1) is 11.1 Å². The number of amides is 1. The zero-order valence-electron chi connectivity index (χ0n) is 19.1. The standard InChI is InChI=1S/C24H27N5O4S/c1-17-5-7-20(8-6-17)34(31,32)28-22-23(33-16-19-4-3-11-25-14-19)27-21(15-26-22)24(30)29-12-9-18(2)10-13-29/h3-8,11,14-15,18H,9-10,12-13,16H2,1-2H3,(H,26,28). The van der Waals surface area contributed by atoms with Crippen LogP contribution in [0.1, 0.15) is 41.4 Å². The molecule has 1 N–H and O–H groups in total. The van der Waals surface area contributed by atoms with Gasteiger partial charge in [-0.15, -0.1) is 0 Å². The molecule has 2 aromatic heterocycles. The van der Waals surface area contributed by atoms with Gasteiger partial charge in [-0.25, -0.2) is 18.4 Å². The molecule has 1 fully saturated rings. The van der Waals surface area contributed by atoms with E-state index in [4.69, 9.17) is 4.74 Å². The molecule has 3 aromatic rings. The average Bonchev–Trinajstić information content (AvgIpc) is 2.84. The summed E-state index contributed by atoms with van der Waals surface area (Å²) in [6.07, 6.45) is 6.41. The molecule has 0 radical (unpaired) electrons. The Balaban J connectivity index is 1.61. The van der Waals surface area contributed by atoms with Crippen LogP contribution in [-0.4, -0.2) is 47.3 Å². The summed E-state index contributed by atoms with van der Waals surface area (Å²) in [4.78, 5) is 27.4. The zero-order valence-corrected chi connectivity index (χ0v) is 20.0. The molecule has 178 valence electrons. The van der Waals surface area contributed by atoms with Crippen LogP contribution < -0.4 is 9.46 Å². The van der Waals surface area contributed by atoms with Gasteiger partial charge in [0.15, 0.2) is 5.69 Å². The second-order valence-corrected chi connectivity index (χ2v) is 10.1. The fraction of sp³-hybridized carbons (Fsp3) is 0.333. The van der Waals surface area contributed by atoms with Gasteiger partial charge in [-0.3, -0.25) is 14.5 Å². The van der Waals surface area contributed by atoms with Gasteiger partial charge in [0.25, 0.3) is 21.8 Å². The number of ether oxygens (including phenoxy) is 1. The molecule has 0 aliphatic carbocycles. The van der Waals surface area contributed by atoms with Gasteiger partial charge in [0, 0.05) is 31.0 Å². The van der Waals surface area contributed by atoms with E-state index in [1.165, 1.54) is 18.3 Å². The number of anilines is 1. The number of aryl methyl sites for hydroxylation is 1. The van der Waals surface area contributed by atoms with E-state index in [1.807, 2.05) is 13.0 Å². The smallest absolute Gasteiger partial charge is 0.274 e. The van der Waals surface area contributed by atoms with Crippen LogP contribution in [0, 0.1) is 12.8 Å². The van der Waals surface area contributed by atoms with Crippen molar-refractivity contribution in [3.63, 3.8) is 0 Å². The average molecular weight is 482 g/mol. The number of nitrogens with zero attached hydrogens (tertiary/aromatic N) is 4. The fourth-order valence-corrected chi connectivity index (χ4v) is 4.57. The molecular weight excluding hydrogens is 454 g/mol. The maximum Gasteiger partial charge on any atom is 0.274 e. The quantitative estimate of drug-likeness (QED) is 0.550. The highest BCUT2D eigenvalue weighted by Gasteiger charge is 2.25. The largest absolute Gasteiger partial charge is 0.470 e. The van der Waals surface area contributed by atoms with Gasteiger partial charge in [0.2, 0.25) is 5.82 Å². The monoisotopic (exact) mass is 481 g/mol. The van der Waals surface area contributed by atoms with E-state index in [9.17, 15) is 13.2 Å². The van der Waals surface area contributed by atoms with Crippen molar-refractivity contribution in [1.82, 2.24) is 19.9 Å².